The van der Waals surface area contributed by atoms with Gasteiger partial charge in [-0.2, -0.15) is 0 Å². The second-order valence-electron chi connectivity index (χ2n) is 3.26. The lowest BCUT2D eigenvalue weighted by Crippen LogP contribution is -2.03. The highest BCUT2D eigenvalue weighted by Gasteiger charge is 1.95. The summed E-state index contributed by atoms with van der Waals surface area (Å²) in [5, 5.41) is 5.33. The van der Waals surface area contributed by atoms with Crippen LogP contribution in [-0.4, -0.2) is 6.54 Å². The van der Waals surface area contributed by atoms with Crippen molar-refractivity contribution in [2.45, 2.75) is 6.42 Å². The van der Waals surface area contributed by atoms with E-state index in [4.69, 9.17) is 0 Å². The van der Waals surface area contributed by atoms with E-state index in [0.717, 1.165) is 18.7 Å². The van der Waals surface area contributed by atoms with E-state index in [0.29, 0.717) is 0 Å². The quantitative estimate of drug-likeness (QED) is 0.832. The van der Waals surface area contributed by atoms with Crippen LogP contribution in [0.15, 0.2) is 41.8 Å². The molecule has 0 radical (unpaired) electrons. The largest absolute Gasteiger partial charge is 0.385 e. The van der Waals surface area contributed by atoms with E-state index in [1.54, 1.807) is 23.5 Å². The predicted octanol–water partition coefficient (Wildman–Crippen LogP) is 3.54. The smallest absolute Gasteiger partial charge is 0.123 e. The SMILES string of the molecule is Fc1ccc(NCCc2cccs2)cc1. The molecule has 1 aromatic heterocycles. The maximum absolute atomic E-state index is 12.6. The molecule has 0 bridgehead atoms. The van der Waals surface area contributed by atoms with E-state index in [9.17, 15) is 4.39 Å². The highest BCUT2D eigenvalue weighted by Crippen LogP contribution is 2.11. The fourth-order valence-electron chi connectivity index (χ4n) is 1.35. The number of benzene rings is 1. The first-order chi connectivity index (χ1) is 7.34. The molecule has 0 saturated carbocycles. The lowest BCUT2D eigenvalue weighted by atomic mass is 10.3. The number of anilines is 1. The van der Waals surface area contributed by atoms with E-state index < -0.39 is 0 Å². The van der Waals surface area contributed by atoms with Gasteiger partial charge in [0.1, 0.15) is 5.82 Å². The van der Waals surface area contributed by atoms with Gasteiger partial charge in [0.05, 0.1) is 0 Å². The van der Waals surface area contributed by atoms with Crippen LogP contribution in [0, 0.1) is 5.82 Å². The van der Waals surface area contributed by atoms with Crippen LogP contribution in [0.25, 0.3) is 0 Å². The average Bonchev–Trinajstić information content (AvgIpc) is 2.74. The van der Waals surface area contributed by atoms with Crippen LogP contribution in [0.5, 0.6) is 0 Å². The van der Waals surface area contributed by atoms with Gasteiger partial charge in [-0.15, -0.1) is 11.3 Å². The monoisotopic (exact) mass is 221 g/mol. The molecule has 0 spiro atoms. The maximum atomic E-state index is 12.6. The zero-order chi connectivity index (χ0) is 10.5. The van der Waals surface area contributed by atoms with Crippen LogP contribution in [0.2, 0.25) is 0 Å². The third-order valence-electron chi connectivity index (χ3n) is 2.12. The molecule has 2 rings (SSSR count). The van der Waals surface area contributed by atoms with E-state index in [-0.39, 0.29) is 5.82 Å². The van der Waals surface area contributed by atoms with Crippen LogP contribution in [0.1, 0.15) is 4.88 Å². The van der Waals surface area contributed by atoms with Gasteiger partial charge < -0.3 is 5.32 Å². The molecule has 3 heteroatoms. The van der Waals surface area contributed by atoms with E-state index in [2.05, 4.69) is 22.8 Å². The summed E-state index contributed by atoms with van der Waals surface area (Å²) in [6.07, 6.45) is 1.01. The normalized spacial score (nSPS) is 10.2. The van der Waals surface area contributed by atoms with Crippen molar-refractivity contribution in [2.75, 3.05) is 11.9 Å². The van der Waals surface area contributed by atoms with Crippen molar-refractivity contribution in [1.82, 2.24) is 0 Å². The van der Waals surface area contributed by atoms with Crippen molar-refractivity contribution >= 4 is 17.0 Å². The number of nitrogens with one attached hydrogen (secondary N) is 1. The minimum atomic E-state index is -0.196. The molecule has 1 aromatic carbocycles. The van der Waals surface area contributed by atoms with E-state index >= 15 is 0 Å². The summed E-state index contributed by atoms with van der Waals surface area (Å²) < 4.78 is 12.6. The van der Waals surface area contributed by atoms with Crippen molar-refractivity contribution in [3.8, 4) is 0 Å². The topological polar surface area (TPSA) is 12.0 Å². The molecule has 1 N–H and O–H groups in total. The highest BCUT2D eigenvalue weighted by atomic mass is 32.1. The molecular weight excluding hydrogens is 209 g/mol. The first-order valence-electron chi connectivity index (χ1n) is 4.86. The molecule has 0 unspecified atom stereocenters. The third kappa shape index (κ3) is 3.06. The minimum Gasteiger partial charge on any atom is -0.385 e. The third-order valence-corrected chi connectivity index (χ3v) is 3.06. The van der Waals surface area contributed by atoms with Gasteiger partial charge in [-0.25, -0.2) is 4.39 Å². The molecule has 0 fully saturated rings. The van der Waals surface area contributed by atoms with Crippen LogP contribution < -0.4 is 5.32 Å². The summed E-state index contributed by atoms with van der Waals surface area (Å²) in [7, 11) is 0. The molecular formula is C12H12FNS. The number of rotatable bonds is 4. The first kappa shape index (κ1) is 10.2. The van der Waals surface area contributed by atoms with Crippen molar-refractivity contribution in [2.24, 2.45) is 0 Å². The Balaban J connectivity index is 1.81. The fraction of sp³-hybridized carbons (Fsp3) is 0.167. The summed E-state index contributed by atoms with van der Waals surface area (Å²) in [4.78, 5) is 1.37. The Kier molecular flexibility index (Phi) is 3.35. The Labute approximate surface area is 92.6 Å². The Morgan fingerprint density at radius 2 is 1.93 bits per heavy atom. The second kappa shape index (κ2) is 4.94. The highest BCUT2D eigenvalue weighted by molar-refractivity contribution is 7.09. The molecule has 78 valence electrons. The minimum absolute atomic E-state index is 0.196. The average molecular weight is 221 g/mol. The summed E-state index contributed by atoms with van der Waals surface area (Å²) in [5.41, 5.74) is 0.966. The molecule has 1 nitrogen and oxygen atoms in total. The van der Waals surface area contributed by atoms with Gasteiger partial charge in [-0.05, 0) is 42.1 Å². The molecule has 0 atom stereocenters. The van der Waals surface area contributed by atoms with Crippen LogP contribution in [0.3, 0.4) is 0 Å². The van der Waals surface area contributed by atoms with Gasteiger partial charge in [0, 0.05) is 17.1 Å². The maximum Gasteiger partial charge on any atom is 0.123 e. The molecule has 0 aliphatic heterocycles. The van der Waals surface area contributed by atoms with Gasteiger partial charge in [-0.3, -0.25) is 0 Å². The second-order valence-corrected chi connectivity index (χ2v) is 4.30. The van der Waals surface area contributed by atoms with Gasteiger partial charge in [0.25, 0.3) is 0 Å². The first-order valence-corrected chi connectivity index (χ1v) is 5.74. The molecule has 0 aliphatic carbocycles. The van der Waals surface area contributed by atoms with E-state index in [1.165, 1.54) is 17.0 Å². The summed E-state index contributed by atoms with van der Waals surface area (Å²) >= 11 is 1.76. The number of hydrogen-bond donors (Lipinski definition) is 1. The Bertz CT molecular complexity index is 394. The Hall–Kier alpha value is -1.35. The van der Waals surface area contributed by atoms with Crippen LogP contribution >= 0.6 is 11.3 Å². The van der Waals surface area contributed by atoms with Gasteiger partial charge in [0.2, 0.25) is 0 Å². The Morgan fingerprint density at radius 1 is 1.13 bits per heavy atom. The van der Waals surface area contributed by atoms with Crippen LogP contribution in [-0.2, 0) is 6.42 Å². The van der Waals surface area contributed by atoms with Crippen molar-refractivity contribution in [3.05, 3.63) is 52.5 Å². The van der Waals surface area contributed by atoms with Crippen molar-refractivity contribution in [3.63, 3.8) is 0 Å². The molecule has 0 amide bonds. The Morgan fingerprint density at radius 3 is 2.60 bits per heavy atom. The lowest BCUT2D eigenvalue weighted by Gasteiger charge is -2.04. The summed E-state index contributed by atoms with van der Waals surface area (Å²) in [6.45, 7) is 0.881. The zero-order valence-corrected chi connectivity index (χ0v) is 9.06. The molecule has 0 aliphatic rings. The fourth-order valence-corrected chi connectivity index (χ4v) is 2.06. The standard InChI is InChI=1S/C12H12FNS/c13-10-3-5-11(6-4-10)14-8-7-12-2-1-9-15-12/h1-6,9,14H,7-8H2. The molecule has 2 aromatic rings. The van der Waals surface area contributed by atoms with Gasteiger partial charge >= 0.3 is 0 Å². The van der Waals surface area contributed by atoms with E-state index in [1.807, 2.05) is 0 Å². The summed E-state index contributed by atoms with van der Waals surface area (Å²) in [5.74, 6) is -0.196. The van der Waals surface area contributed by atoms with Gasteiger partial charge in [-0.1, -0.05) is 6.07 Å². The van der Waals surface area contributed by atoms with Crippen molar-refractivity contribution in [1.29, 1.82) is 0 Å². The predicted molar refractivity (Wildman–Crippen MR) is 62.9 cm³/mol. The molecule has 0 saturated heterocycles. The number of thiophene rings is 1. The summed E-state index contributed by atoms with van der Waals surface area (Å²) in [6, 6.07) is 10.6. The van der Waals surface area contributed by atoms with Gasteiger partial charge in [0.15, 0.2) is 0 Å². The molecule has 1 heterocycles. The van der Waals surface area contributed by atoms with Crippen molar-refractivity contribution < 1.29 is 4.39 Å². The number of halogens is 1. The zero-order valence-electron chi connectivity index (χ0n) is 8.24. The lowest BCUT2D eigenvalue weighted by molar-refractivity contribution is 0.628. The molecule has 15 heavy (non-hydrogen) atoms. The number of hydrogen-bond acceptors (Lipinski definition) is 2. The van der Waals surface area contributed by atoms with Crippen LogP contribution in [0.4, 0.5) is 10.1 Å².